The molecule has 5 heteroatoms. The first-order chi connectivity index (χ1) is 8.84. The highest BCUT2D eigenvalue weighted by atomic mass is 15.3. The predicted molar refractivity (Wildman–Crippen MR) is 69.0 cm³/mol. The first kappa shape index (κ1) is 10.5. The fraction of sp³-hybridized carbons (Fsp3) is 0. The summed E-state index contributed by atoms with van der Waals surface area (Å²) in [5.74, 6) is 0.590. The molecule has 0 aliphatic carbocycles. The maximum absolute atomic E-state index is 5.81. The predicted octanol–water partition coefficient (Wildman–Crippen LogP) is 1.91. The molecule has 3 aromatic rings. The Kier molecular flexibility index (Phi) is 2.49. The zero-order chi connectivity index (χ0) is 12.4. The quantitative estimate of drug-likeness (QED) is 0.739. The van der Waals surface area contributed by atoms with Crippen molar-refractivity contribution in [2.45, 2.75) is 0 Å². The van der Waals surface area contributed by atoms with Crippen molar-refractivity contribution in [3.05, 3.63) is 55.2 Å². The Morgan fingerprint density at radius 1 is 1.00 bits per heavy atom. The lowest BCUT2D eigenvalue weighted by molar-refractivity contribution is 0.843. The highest BCUT2D eigenvalue weighted by molar-refractivity contribution is 5.62. The summed E-state index contributed by atoms with van der Waals surface area (Å²) in [6, 6.07) is 10.0. The third kappa shape index (κ3) is 1.82. The smallest absolute Gasteiger partial charge is 0.179 e. The summed E-state index contributed by atoms with van der Waals surface area (Å²) in [7, 11) is 0. The third-order valence-corrected chi connectivity index (χ3v) is 2.63. The largest absolute Gasteiger partial charge is 0.394 e. The van der Waals surface area contributed by atoms with Crippen LogP contribution >= 0.6 is 0 Å². The summed E-state index contributed by atoms with van der Waals surface area (Å²) in [6.07, 6.45) is 6.70. The van der Waals surface area contributed by atoms with E-state index in [4.69, 9.17) is 5.73 Å². The molecule has 5 nitrogen and oxygen atoms in total. The maximum atomic E-state index is 5.81. The Morgan fingerprint density at radius 2 is 1.83 bits per heavy atom. The van der Waals surface area contributed by atoms with Crippen molar-refractivity contribution in [2.24, 2.45) is 0 Å². The van der Waals surface area contributed by atoms with Crippen LogP contribution in [0.1, 0.15) is 0 Å². The van der Waals surface area contributed by atoms with E-state index in [-0.39, 0.29) is 0 Å². The average Bonchev–Trinajstić information content (AvgIpc) is 2.90. The molecule has 2 heterocycles. The Morgan fingerprint density at radius 3 is 2.61 bits per heavy atom. The molecule has 1 aromatic carbocycles. The lowest BCUT2D eigenvalue weighted by Gasteiger charge is -2.02. The molecule has 88 valence electrons. The number of hydrogen-bond donors (Lipinski definition) is 1. The van der Waals surface area contributed by atoms with Crippen molar-refractivity contribution in [1.29, 1.82) is 0 Å². The second-order valence-corrected chi connectivity index (χ2v) is 3.84. The van der Waals surface area contributed by atoms with Crippen molar-refractivity contribution >= 4 is 5.69 Å². The number of aromatic nitrogens is 4. The summed E-state index contributed by atoms with van der Waals surface area (Å²) in [5, 5.41) is 4.27. The van der Waals surface area contributed by atoms with Gasteiger partial charge in [0, 0.05) is 11.8 Å². The van der Waals surface area contributed by atoms with E-state index in [0.29, 0.717) is 11.5 Å². The molecule has 2 aromatic heterocycles. The number of nitrogens with zero attached hydrogens (tertiary/aromatic N) is 4. The molecule has 0 aliphatic rings. The zero-order valence-electron chi connectivity index (χ0n) is 9.56. The van der Waals surface area contributed by atoms with Gasteiger partial charge in [-0.1, -0.05) is 30.3 Å². The highest BCUT2D eigenvalue weighted by Crippen LogP contribution is 2.20. The van der Waals surface area contributed by atoms with E-state index < -0.39 is 0 Å². The maximum Gasteiger partial charge on any atom is 0.179 e. The Labute approximate surface area is 104 Å². The van der Waals surface area contributed by atoms with Gasteiger partial charge in [-0.2, -0.15) is 5.10 Å². The van der Waals surface area contributed by atoms with Gasteiger partial charge in [0.05, 0.1) is 18.1 Å². The van der Waals surface area contributed by atoms with E-state index in [1.807, 2.05) is 36.5 Å². The molecule has 0 saturated heterocycles. The molecular weight excluding hydrogens is 226 g/mol. The van der Waals surface area contributed by atoms with Crippen LogP contribution in [0, 0.1) is 0 Å². The third-order valence-electron chi connectivity index (χ3n) is 2.63. The molecule has 3 rings (SSSR count). The van der Waals surface area contributed by atoms with Crippen molar-refractivity contribution in [3.8, 4) is 16.9 Å². The molecule has 0 amide bonds. The van der Waals surface area contributed by atoms with Crippen molar-refractivity contribution in [1.82, 2.24) is 19.7 Å². The van der Waals surface area contributed by atoms with Crippen LogP contribution in [0.5, 0.6) is 0 Å². The second kappa shape index (κ2) is 4.29. The van der Waals surface area contributed by atoms with E-state index in [0.717, 1.165) is 11.1 Å². The van der Waals surface area contributed by atoms with Crippen molar-refractivity contribution < 1.29 is 0 Å². The molecule has 2 N–H and O–H groups in total. The van der Waals surface area contributed by atoms with Gasteiger partial charge in [-0.05, 0) is 5.56 Å². The Balaban J connectivity index is 2.03. The lowest BCUT2D eigenvalue weighted by Crippen LogP contribution is -2.03. The summed E-state index contributed by atoms with van der Waals surface area (Å²) < 4.78 is 1.65. The first-order valence-electron chi connectivity index (χ1n) is 5.50. The van der Waals surface area contributed by atoms with Crippen LogP contribution < -0.4 is 5.73 Å². The zero-order valence-corrected chi connectivity index (χ0v) is 9.56. The molecule has 0 fully saturated rings. The minimum Gasteiger partial charge on any atom is -0.394 e. The van der Waals surface area contributed by atoms with E-state index in [1.165, 1.54) is 6.33 Å². The number of nitrogen functional groups attached to an aromatic ring is 1. The van der Waals surface area contributed by atoms with Gasteiger partial charge in [0.25, 0.3) is 0 Å². The molecule has 0 spiro atoms. The van der Waals surface area contributed by atoms with E-state index in [1.54, 1.807) is 17.1 Å². The first-order valence-corrected chi connectivity index (χ1v) is 5.50. The van der Waals surface area contributed by atoms with Crippen LogP contribution in [-0.2, 0) is 0 Å². The van der Waals surface area contributed by atoms with Gasteiger partial charge in [0.1, 0.15) is 6.33 Å². The molecule has 0 aliphatic heterocycles. The van der Waals surface area contributed by atoms with Gasteiger partial charge in [0.2, 0.25) is 0 Å². The van der Waals surface area contributed by atoms with E-state index >= 15 is 0 Å². The monoisotopic (exact) mass is 237 g/mol. The van der Waals surface area contributed by atoms with Crippen LogP contribution in [0.25, 0.3) is 16.9 Å². The number of hydrogen-bond acceptors (Lipinski definition) is 4. The van der Waals surface area contributed by atoms with Crippen LogP contribution in [0.4, 0.5) is 5.69 Å². The molecular formula is C13H11N5. The van der Waals surface area contributed by atoms with E-state index in [2.05, 4.69) is 15.1 Å². The highest BCUT2D eigenvalue weighted by Gasteiger charge is 2.06. The standard InChI is InChI=1S/C13H11N5/c14-12-7-15-9-16-13(12)18-8-11(6-17-18)10-4-2-1-3-5-10/h1-9H,14H2. The number of nitrogens with two attached hydrogens (primary N) is 1. The molecule has 0 atom stereocenters. The van der Waals surface area contributed by atoms with Gasteiger partial charge >= 0.3 is 0 Å². The molecule has 18 heavy (non-hydrogen) atoms. The topological polar surface area (TPSA) is 69.6 Å². The average molecular weight is 237 g/mol. The molecule has 0 saturated carbocycles. The van der Waals surface area contributed by atoms with Gasteiger partial charge in [-0.25, -0.2) is 14.6 Å². The molecule has 0 radical (unpaired) electrons. The van der Waals surface area contributed by atoms with Crippen LogP contribution in [-0.4, -0.2) is 19.7 Å². The lowest BCUT2D eigenvalue weighted by atomic mass is 10.1. The number of rotatable bonds is 2. The van der Waals surface area contributed by atoms with Crippen LogP contribution in [0.3, 0.4) is 0 Å². The van der Waals surface area contributed by atoms with Gasteiger partial charge in [-0.3, -0.25) is 0 Å². The van der Waals surface area contributed by atoms with Gasteiger partial charge < -0.3 is 5.73 Å². The van der Waals surface area contributed by atoms with Gasteiger partial charge in [0.15, 0.2) is 5.82 Å². The van der Waals surface area contributed by atoms with Crippen LogP contribution in [0.15, 0.2) is 55.2 Å². The minimum atomic E-state index is 0.500. The van der Waals surface area contributed by atoms with Crippen molar-refractivity contribution in [2.75, 3.05) is 5.73 Å². The molecule has 0 unspecified atom stereocenters. The SMILES string of the molecule is Nc1cncnc1-n1cc(-c2ccccc2)cn1. The Bertz CT molecular complexity index is 660. The number of benzene rings is 1. The summed E-state index contributed by atoms with van der Waals surface area (Å²) >= 11 is 0. The fourth-order valence-corrected chi connectivity index (χ4v) is 1.74. The minimum absolute atomic E-state index is 0.500. The summed E-state index contributed by atoms with van der Waals surface area (Å²) in [6.45, 7) is 0. The normalized spacial score (nSPS) is 10.4. The Hall–Kier alpha value is -2.69. The van der Waals surface area contributed by atoms with Crippen LogP contribution in [0.2, 0.25) is 0 Å². The van der Waals surface area contributed by atoms with Gasteiger partial charge in [-0.15, -0.1) is 0 Å². The van der Waals surface area contributed by atoms with Crippen molar-refractivity contribution in [3.63, 3.8) is 0 Å². The summed E-state index contributed by atoms with van der Waals surface area (Å²) in [5.41, 5.74) is 8.44. The fourth-order valence-electron chi connectivity index (χ4n) is 1.74. The number of anilines is 1. The second-order valence-electron chi connectivity index (χ2n) is 3.84. The summed E-state index contributed by atoms with van der Waals surface area (Å²) in [4.78, 5) is 7.98. The van der Waals surface area contributed by atoms with E-state index in [9.17, 15) is 0 Å². The molecule has 0 bridgehead atoms.